The molecule has 0 spiro atoms. The lowest BCUT2D eigenvalue weighted by Crippen LogP contribution is -2.52. The monoisotopic (exact) mass is 261 g/mol. The molecule has 3 heteroatoms. The molecule has 0 amide bonds. The van der Waals surface area contributed by atoms with Crippen molar-refractivity contribution in [3.63, 3.8) is 0 Å². The van der Waals surface area contributed by atoms with Gasteiger partial charge in [0, 0.05) is 18.8 Å². The SMILES string of the molecule is C=C(C)c1ccc(N2CCO[C@@H](C(C)(C)O)C2)cc1. The van der Waals surface area contributed by atoms with Crippen LogP contribution in [0.3, 0.4) is 0 Å². The van der Waals surface area contributed by atoms with Crippen LogP contribution in [0.4, 0.5) is 5.69 Å². The summed E-state index contributed by atoms with van der Waals surface area (Å²) in [5.74, 6) is 0. The first-order valence-electron chi connectivity index (χ1n) is 6.73. The Morgan fingerprint density at radius 1 is 1.37 bits per heavy atom. The van der Waals surface area contributed by atoms with Crippen LogP contribution >= 0.6 is 0 Å². The number of anilines is 1. The molecule has 0 aromatic heterocycles. The van der Waals surface area contributed by atoms with Crippen molar-refractivity contribution in [3.8, 4) is 0 Å². The van der Waals surface area contributed by atoms with E-state index < -0.39 is 5.60 Å². The number of morpholine rings is 1. The van der Waals surface area contributed by atoms with E-state index in [1.54, 1.807) is 13.8 Å². The minimum Gasteiger partial charge on any atom is -0.388 e. The highest BCUT2D eigenvalue weighted by molar-refractivity contribution is 5.64. The second-order valence-corrected chi connectivity index (χ2v) is 5.79. The average Bonchev–Trinajstić information content (AvgIpc) is 2.38. The van der Waals surface area contributed by atoms with Crippen LogP contribution < -0.4 is 4.90 Å². The highest BCUT2D eigenvalue weighted by Gasteiger charge is 2.32. The van der Waals surface area contributed by atoms with Gasteiger partial charge in [-0.25, -0.2) is 0 Å². The van der Waals surface area contributed by atoms with Crippen molar-refractivity contribution in [2.45, 2.75) is 32.5 Å². The summed E-state index contributed by atoms with van der Waals surface area (Å²) >= 11 is 0. The number of hydrogen-bond acceptors (Lipinski definition) is 3. The Labute approximate surface area is 115 Å². The molecule has 0 radical (unpaired) electrons. The lowest BCUT2D eigenvalue weighted by molar-refractivity contribution is -0.0927. The van der Waals surface area contributed by atoms with Gasteiger partial charge in [-0.1, -0.05) is 24.3 Å². The number of aliphatic hydroxyl groups is 1. The molecule has 2 rings (SSSR count). The molecule has 0 aliphatic carbocycles. The summed E-state index contributed by atoms with van der Waals surface area (Å²) in [6, 6.07) is 8.39. The van der Waals surface area contributed by atoms with Crippen LogP contribution in [-0.2, 0) is 4.74 Å². The zero-order valence-electron chi connectivity index (χ0n) is 12.0. The van der Waals surface area contributed by atoms with E-state index in [2.05, 4.69) is 35.7 Å². The van der Waals surface area contributed by atoms with Gasteiger partial charge < -0.3 is 14.7 Å². The van der Waals surface area contributed by atoms with E-state index in [1.165, 1.54) is 5.69 Å². The molecule has 1 atom stereocenters. The summed E-state index contributed by atoms with van der Waals surface area (Å²) in [6.07, 6.45) is -0.151. The Morgan fingerprint density at radius 3 is 2.53 bits per heavy atom. The van der Waals surface area contributed by atoms with Gasteiger partial charge in [-0.05, 0) is 38.5 Å². The van der Waals surface area contributed by atoms with Crippen LogP contribution in [0.15, 0.2) is 30.8 Å². The van der Waals surface area contributed by atoms with Crippen LogP contribution in [0.5, 0.6) is 0 Å². The number of rotatable bonds is 3. The molecular weight excluding hydrogens is 238 g/mol. The first-order valence-corrected chi connectivity index (χ1v) is 6.73. The number of nitrogens with zero attached hydrogens (tertiary/aromatic N) is 1. The molecule has 1 aromatic rings. The number of ether oxygens (including phenoxy) is 1. The van der Waals surface area contributed by atoms with E-state index in [0.29, 0.717) is 6.61 Å². The Hall–Kier alpha value is -1.32. The molecule has 104 valence electrons. The largest absolute Gasteiger partial charge is 0.388 e. The Bertz CT molecular complexity index is 445. The second kappa shape index (κ2) is 5.35. The Balaban J connectivity index is 2.11. The number of allylic oxidation sites excluding steroid dienone is 1. The summed E-state index contributed by atoms with van der Waals surface area (Å²) in [5.41, 5.74) is 2.59. The first-order chi connectivity index (χ1) is 8.88. The summed E-state index contributed by atoms with van der Waals surface area (Å²) in [4.78, 5) is 2.26. The third-order valence-electron chi connectivity index (χ3n) is 3.58. The van der Waals surface area contributed by atoms with Crippen molar-refractivity contribution >= 4 is 11.3 Å². The molecule has 0 unspecified atom stereocenters. The van der Waals surface area contributed by atoms with Gasteiger partial charge in [0.25, 0.3) is 0 Å². The van der Waals surface area contributed by atoms with Crippen molar-refractivity contribution < 1.29 is 9.84 Å². The third kappa shape index (κ3) is 3.37. The molecule has 1 N–H and O–H groups in total. The molecule has 0 saturated carbocycles. The molecular formula is C16H23NO2. The van der Waals surface area contributed by atoms with E-state index in [9.17, 15) is 5.11 Å². The van der Waals surface area contributed by atoms with Crippen LogP contribution in [0.1, 0.15) is 26.3 Å². The van der Waals surface area contributed by atoms with Gasteiger partial charge >= 0.3 is 0 Å². The maximum Gasteiger partial charge on any atom is 0.103 e. The van der Waals surface area contributed by atoms with Crippen LogP contribution in [-0.4, -0.2) is 36.5 Å². The minimum atomic E-state index is -0.809. The summed E-state index contributed by atoms with van der Waals surface area (Å²) in [7, 11) is 0. The summed E-state index contributed by atoms with van der Waals surface area (Å²) < 4.78 is 5.65. The zero-order valence-corrected chi connectivity index (χ0v) is 12.0. The van der Waals surface area contributed by atoms with Crippen molar-refractivity contribution in [1.29, 1.82) is 0 Å². The highest BCUT2D eigenvalue weighted by Crippen LogP contribution is 2.24. The molecule has 3 nitrogen and oxygen atoms in total. The summed E-state index contributed by atoms with van der Waals surface area (Å²) in [6.45, 7) is 11.8. The van der Waals surface area contributed by atoms with Gasteiger partial charge in [0.2, 0.25) is 0 Å². The normalized spacial score (nSPS) is 20.4. The molecule has 1 heterocycles. The van der Waals surface area contributed by atoms with Gasteiger partial charge in [-0.15, -0.1) is 0 Å². The molecule has 1 aliphatic heterocycles. The smallest absolute Gasteiger partial charge is 0.103 e. The topological polar surface area (TPSA) is 32.7 Å². The third-order valence-corrected chi connectivity index (χ3v) is 3.58. The maximum absolute atomic E-state index is 10.1. The highest BCUT2D eigenvalue weighted by atomic mass is 16.5. The van der Waals surface area contributed by atoms with E-state index in [1.807, 2.05) is 6.92 Å². The summed E-state index contributed by atoms with van der Waals surface area (Å²) in [5, 5.41) is 10.1. The predicted molar refractivity (Wildman–Crippen MR) is 79.4 cm³/mol. The maximum atomic E-state index is 10.1. The fourth-order valence-electron chi connectivity index (χ4n) is 2.27. The van der Waals surface area contributed by atoms with Crippen LogP contribution in [0, 0.1) is 0 Å². The van der Waals surface area contributed by atoms with Gasteiger partial charge in [-0.2, -0.15) is 0 Å². The van der Waals surface area contributed by atoms with Crippen molar-refractivity contribution in [2.75, 3.05) is 24.6 Å². The fourth-order valence-corrected chi connectivity index (χ4v) is 2.27. The fraction of sp³-hybridized carbons (Fsp3) is 0.500. The van der Waals surface area contributed by atoms with Gasteiger partial charge in [0.1, 0.15) is 6.10 Å². The zero-order chi connectivity index (χ0) is 14.0. The number of hydrogen-bond donors (Lipinski definition) is 1. The van der Waals surface area contributed by atoms with E-state index >= 15 is 0 Å². The quantitative estimate of drug-likeness (QED) is 0.908. The average molecular weight is 261 g/mol. The Kier molecular flexibility index (Phi) is 3.97. The van der Waals surface area contributed by atoms with Gasteiger partial charge in [-0.3, -0.25) is 0 Å². The van der Waals surface area contributed by atoms with E-state index in [-0.39, 0.29) is 6.10 Å². The minimum absolute atomic E-state index is 0.151. The van der Waals surface area contributed by atoms with Gasteiger partial charge in [0.15, 0.2) is 0 Å². The lowest BCUT2D eigenvalue weighted by Gasteiger charge is -2.39. The standard InChI is InChI=1S/C16H23NO2/c1-12(2)13-5-7-14(8-6-13)17-9-10-19-15(11-17)16(3,4)18/h5-8,15,18H,1,9-11H2,2-4H3/t15-/m1/s1. The predicted octanol–water partition coefficient (Wildman–Crippen LogP) is 2.70. The number of benzene rings is 1. The van der Waals surface area contributed by atoms with E-state index in [4.69, 9.17) is 4.74 Å². The first kappa shape index (κ1) is 14.1. The molecule has 1 fully saturated rings. The molecule has 19 heavy (non-hydrogen) atoms. The van der Waals surface area contributed by atoms with E-state index in [0.717, 1.165) is 24.2 Å². The van der Waals surface area contributed by atoms with Crippen molar-refractivity contribution in [2.24, 2.45) is 0 Å². The van der Waals surface area contributed by atoms with Crippen LogP contribution in [0.2, 0.25) is 0 Å². The molecule has 1 saturated heterocycles. The van der Waals surface area contributed by atoms with Gasteiger partial charge in [0.05, 0.1) is 12.2 Å². The van der Waals surface area contributed by atoms with Crippen LogP contribution in [0.25, 0.3) is 5.57 Å². The molecule has 1 aliphatic rings. The second-order valence-electron chi connectivity index (χ2n) is 5.79. The van der Waals surface area contributed by atoms with Crippen molar-refractivity contribution in [3.05, 3.63) is 36.4 Å². The Morgan fingerprint density at radius 2 is 2.00 bits per heavy atom. The molecule has 1 aromatic carbocycles. The lowest BCUT2D eigenvalue weighted by atomic mass is 10.00. The van der Waals surface area contributed by atoms with Crippen molar-refractivity contribution in [1.82, 2.24) is 0 Å². The molecule has 0 bridgehead atoms.